The molecule has 1 aromatic rings. The molecule has 3 rings (SSSR count). The number of hydrogen-bond donors (Lipinski definition) is 0. The van der Waals surface area contributed by atoms with Crippen LogP contribution in [0.1, 0.15) is 25.3 Å². The summed E-state index contributed by atoms with van der Waals surface area (Å²) in [5.41, 5.74) is 1.98. The maximum atomic E-state index is 12.6. The highest BCUT2D eigenvalue weighted by Crippen LogP contribution is 2.20. The van der Waals surface area contributed by atoms with E-state index in [-0.39, 0.29) is 5.91 Å². The van der Waals surface area contributed by atoms with Gasteiger partial charge in [-0.25, -0.2) is 0 Å². The van der Waals surface area contributed by atoms with E-state index in [0.717, 1.165) is 56.2 Å². The molecular formula is C20H28N2O3. The molecule has 2 aliphatic rings. The maximum absolute atomic E-state index is 12.6. The van der Waals surface area contributed by atoms with Crippen LogP contribution >= 0.6 is 0 Å². The van der Waals surface area contributed by atoms with Crippen molar-refractivity contribution in [3.63, 3.8) is 0 Å². The van der Waals surface area contributed by atoms with E-state index in [4.69, 9.17) is 9.47 Å². The lowest BCUT2D eigenvalue weighted by molar-refractivity contribution is -0.127. The van der Waals surface area contributed by atoms with Crippen LogP contribution in [-0.2, 0) is 9.53 Å². The fraction of sp³-hybridized carbons (Fsp3) is 0.550. The number of amides is 1. The molecule has 1 atom stereocenters. The second-order valence-electron chi connectivity index (χ2n) is 6.82. The van der Waals surface area contributed by atoms with E-state index >= 15 is 0 Å². The molecule has 2 saturated heterocycles. The summed E-state index contributed by atoms with van der Waals surface area (Å²) in [5.74, 6) is 0.900. The van der Waals surface area contributed by atoms with Crippen molar-refractivity contribution < 1.29 is 14.3 Å². The van der Waals surface area contributed by atoms with Crippen LogP contribution in [0.5, 0.6) is 5.75 Å². The molecule has 0 N–H and O–H groups in total. The molecule has 1 amide bonds. The molecule has 136 valence electrons. The number of benzene rings is 1. The molecular weight excluding hydrogens is 316 g/mol. The minimum Gasteiger partial charge on any atom is -0.497 e. The molecule has 5 heteroatoms. The summed E-state index contributed by atoms with van der Waals surface area (Å²) in [5, 5.41) is 0. The van der Waals surface area contributed by atoms with Gasteiger partial charge in [-0.3, -0.25) is 9.69 Å². The maximum Gasteiger partial charge on any atom is 0.246 e. The second-order valence-corrected chi connectivity index (χ2v) is 6.82. The van der Waals surface area contributed by atoms with Crippen LogP contribution in [-0.4, -0.2) is 68.3 Å². The third-order valence-electron chi connectivity index (χ3n) is 5.03. The Morgan fingerprint density at radius 3 is 2.80 bits per heavy atom. The van der Waals surface area contributed by atoms with E-state index < -0.39 is 0 Å². The van der Waals surface area contributed by atoms with Gasteiger partial charge < -0.3 is 14.4 Å². The van der Waals surface area contributed by atoms with Gasteiger partial charge >= 0.3 is 0 Å². The van der Waals surface area contributed by atoms with Crippen molar-refractivity contribution >= 4 is 11.5 Å². The predicted molar refractivity (Wildman–Crippen MR) is 98.6 cm³/mol. The Bertz CT molecular complexity index is 615. The summed E-state index contributed by atoms with van der Waals surface area (Å²) in [6.07, 6.45) is 4.47. The zero-order valence-electron chi connectivity index (χ0n) is 15.2. The predicted octanol–water partition coefficient (Wildman–Crippen LogP) is 2.42. The van der Waals surface area contributed by atoms with E-state index in [9.17, 15) is 4.79 Å². The summed E-state index contributed by atoms with van der Waals surface area (Å²) in [7, 11) is 1.65. The first-order valence-electron chi connectivity index (χ1n) is 9.11. The second kappa shape index (κ2) is 8.50. The number of allylic oxidation sites excluding steroid dienone is 1. The summed E-state index contributed by atoms with van der Waals surface area (Å²) in [6, 6.07) is 7.81. The zero-order valence-corrected chi connectivity index (χ0v) is 15.2. The molecule has 0 saturated carbocycles. The summed E-state index contributed by atoms with van der Waals surface area (Å²) in [4.78, 5) is 16.9. The van der Waals surface area contributed by atoms with E-state index in [1.54, 1.807) is 13.2 Å². The lowest BCUT2D eigenvalue weighted by Crippen LogP contribution is -2.50. The number of piperazine rings is 1. The number of carbonyl (C=O) groups is 1. The Kier molecular flexibility index (Phi) is 6.10. The van der Waals surface area contributed by atoms with Crippen LogP contribution in [0.2, 0.25) is 0 Å². The van der Waals surface area contributed by atoms with Gasteiger partial charge in [0, 0.05) is 45.4 Å². The monoisotopic (exact) mass is 344 g/mol. The molecule has 2 fully saturated rings. The highest BCUT2D eigenvalue weighted by Gasteiger charge is 2.24. The molecule has 0 aliphatic carbocycles. The first-order chi connectivity index (χ1) is 12.2. The molecule has 0 aromatic heterocycles. The third kappa shape index (κ3) is 4.83. The highest BCUT2D eigenvalue weighted by atomic mass is 16.5. The van der Waals surface area contributed by atoms with Crippen LogP contribution in [0.25, 0.3) is 5.57 Å². The Hall–Kier alpha value is -1.85. The van der Waals surface area contributed by atoms with Crippen molar-refractivity contribution in [2.24, 2.45) is 0 Å². The van der Waals surface area contributed by atoms with Crippen LogP contribution in [0.15, 0.2) is 30.3 Å². The molecule has 0 unspecified atom stereocenters. The summed E-state index contributed by atoms with van der Waals surface area (Å²) in [6.45, 7) is 7.30. The van der Waals surface area contributed by atoms with Gasteiger partial charge in [0.2, 0.25) is 5.91 Å². The first kappa shape index (κ1) is 18.0. The van der Waals surface area contributed by atoms with E-state index in [1.165, 1.54) is 12.8 Å². The topological polar surface area (TPSA) is 42.0 Å². The molecule has 25 heavy (non-hydrogen) atoms. The quantitative estimate of drug-likeness (QED) is 0.770. The molecule has 5 nitrogen and oxygen atoms in total. The number of hydrogen-bond acceptors (Lipinski definition) is 4. The van der Waals surface area contributed by atoms with E-state index in [2.05, 4.69) is 4.90 Å². The lowest BCUT2D eigenvalue weighted by atomic mass is 10.1. The Balaban J connectivity index is 1.52. The number of carbonyl (C=O) groups excluding carboxylic acids is 1. The molecule has 0 radical (unpaired) electrons. The van der Waals surface area contributed by atoms with Crippen LogP contribution < -0.4 is 4.74 Å². The molecule has 0 spiro atoms. The highest BCUT2D eigenvalue weighted by molar-refractivity contribution is 5.95. The fourth-order valence-corrected chi connectivity index (χ4v) is 3.46. The third-order valence-corrected chi connectivity index (χ3v) is 5.03. The number of rotatable bonds is 5. The largest absolute Gasteiger partial charge is 0.497 e. The standard InChI is InChI=1S/C20H28N2O3/c1-16(17-5-3-6-18(14-17)24-2)13-20(23)22-10-8-21(9-11-22)15-19-7-4-12-25-19/h3,5-6,13-14,19H,4,7-12,15H2,1-2H3/b16-13+/t19-/m1/s1. The normalized spacial score (nSPS) is 22.2. The van der Waals surface area contributed by atoms with Gasteiger partial charge in [-0.15, -0.1) is 0 Å². The average molecular weight is 344 g/mol. The Labute approximate surface area is 150 Å². The summed E-state index contributed by atoms with van der Waals surface area (Å²) >= 11 is 0. The molecule has 1 aromatic carbocycles. The van der Waals surface area contributed by atoms with Crippen molar-refractivity contribution in [3.05, 3.63) is 35.9 Å². The first-order valence-corrected chi connectivity index (χ1v) is 9.11. The molecule has 2 aliphatic heterocycles. The lowest BCUT2D eigenvalue weighted by Gasteiger charge is -2.35. The zero-order chi connectivity index (χ0) is 17.6. The van der Waals surface area contributed by atoms with Crippen molar-refractivity contribution in [2.45, 2.75) is 25.9 Å². The minimum absolute atomic E-state index is 0.0945. The van der Waals surface area contributed by atoms with Crippen molar-refractivity contribution in [2.75, 3.05) is 46.4 Å². The Morgan fingerprint density at radius 1 is 1.32 bits per heavy atom. The van der Waals surface area contributed by atoms with Crippen molar-refractivity contribution in [1.29, 1.82) is 0 Å². The van der Waals surface area contributed by atoms with Gasteiger partial charge in [-0.2, -0.15) is 0 Å². The SMILES string of the molecule is COc1cccc(/C(C)=C/C(=O)N2CCN(C[C@H]3CCCO3)CC2)c1. The van der Waals surface area contributed by atoms with Crippen molar-refractivity contribution in [3.8, 4) is 5.75 Å². The fourth-order valence-electron chi connectivity index (χ4n) is 3.46. The Morgan fingerprint density at radius 2 is 2.12 bits per heavy atom. The van der Waals surface area contributed by atoms with E-state index in [0.29, 0.717) is 6.10 Å². The molecule has 2 heterocycles. The summed E-state index contributed by atoms with van der Waals surface area (Å²) < 4.78 is 11.0. The van der Waals surface area contributed by atoms with Gasteiger partial charge in [0.1, 0.15) is 5.75 Å². The van der Waals surface area contributed by atoms with Gasteiger partial charge in [0.05, 0.1) is 13.2 Å². The van der Waals surface area contributed by atoms with Crippen molar-refractivity contribution in [1.82, 2.24) is 9.80 Å². The van der Waals surface area contributed by atoms with Crippen LogP contribution in [0.4, 0.5) is 0 Å². The number of nitrogens with zero attached hydrogens (tertiary/aromatic N) is 2. The minimum atomic E-state index is 0.0945. The van der Waals surface area contributed by atoms with E-state index in [1.807, 2.05) is 36.1 Å². The van der Waals surface area contributed by atoms with Gasteiger partial charge in [-0.05, 0) is 43.0 Å². The van der Waals surface area contributed by atoms with Crippen LogP contribution in [0, 0.1) is 0 Å². The average Bonchev–Trinajstić information content (AvgIpc) is 3.15. The number of methoxy groups -OCH3 is 1. The smallest absolute Gasteiger partial charge is 0.246 e. The van der Waals surface area contributed by atoms with Crippen LogP contribution in [0.3, 0.4) is 0 Å². The van der Waals surface area contributed by atoms with Gasteiger partial charge in [0.15, 0.2) is 0 Å². The number of ether oxygens (including phenoxy) is 2. The van der Waals surface area contributed by atoms with Gasteiger partial charge in [-0.1, -0.05) is 12.1 Å². The molecule has 0 bridgehead atoms. The van der Waals surface area contributed by atoms with Gasteiger partial charge in [0.25, 0.3) is 0 Å².